The molecule has 70 valence electrons. The SMILES string of the molecule is CC1CCCC(C)N1N=C(N)N. The first kappa shape index (κ1) is 9.16. The molecule has 0 amide bonds. The normalized spacial score (nSPS) is 30.0. The van der Waals surface area contributed by atoms with Crippen LogP contribution in [0.25, 0.3) is 0 Å². The molecule has 1 rings (SSSR count). The van der Waals surface area contributed by atoms with E-state index < -0.39 is 0 Å². The molecule has 0 aliphatic carbocycles. The van der Waals surface area contributed by atoms with Gasteiger partial charge in [0, 0.05) is 12.1 Å². The molecule has 0 spiro atoms. The van der Waals surface area contributed by atoms with E-state index in [2.05, 4.69) is 18.9 Å². The van der Waals surface area contributed by atoms with Gasteiger partial charge in [0.15, 0.2) is 0 Å². The van der Waals surface area contributed by atoms with Crippen LogP contribution in [0.4, 0.5) is 0 Å². The van der Waals surface area contributed by atoms with E-state index in [9.17, 15) is 0 Å². The van der Waals surface area contributed by atoms with Gasteiger partial charge in [0.25, 0.3) is 0 Å². The molecule has 4 N–H and O–H groups in total. The van der Waals surface area contributed by atoms with E-state index in [0.717, 1.165) is 0 Å². The smallest absolute Gasteiger partial charge is 0.208 e. The molecule has 0 bridgehead atoms. The van der Waals surface area contributed by atoms with Crippen LogP contribution in [0.15, 0.2) is 5.10 Å². The standard InChI is InChI=1S/C8H18N4/c1-6-4-3-5-7(2)12(6)11-8(9)10/h6-7H,3-5H2,1-2H3,(H4,9,10,11). The largest absolute Gasteiger partial charge is 0.369 e. The van der Waals surface area contributed by atoms with Crippen molar-refractivity contribution in [2.45, 2.75) is 45.2 Å². The van der Waals surface area contributed by atoms with Crippen LogP contribution in [-0.4, -0.2) is 23.1 Å². The monoisotopic (exact) mass is 170 g/mol. The van der Waals surface area contributed by atoms with E-state index in [-0.39, 0.29) is 5.96 Å². The molecule has 4 heteroatoms. The van der Waals surface area contributed by atoms with Crippen molar-refractivity contribution in [2.75, 3.05) is 0 Å². The highest BCUT2D eigenvalue weighted by Crippen LogP contribution is 2.22. The second-order valence-corrected chi connectivity index (χ2v) is 3.53. The van der Waals surface area contributed by atoms with E-state index in [0.29, 0.717) is 12.1 Å². The van der Waals surface area contributed by atoms with Crippen LogP contribution >= 0.6 is 0 Å². The summed E-state index contributed by atoms with van der Waals surface area (Å²) in [7, 11) is 0. The molecule has 4 nitrogen and oxygen atoms in total. The molecule has 1 aliphatic heterocycles. The lowest BCUT2D eigenvalue weighted by Gasteiger charge is -2.36. The molecule has 2 atom stereocenters. The van der Waals surface area contributed by atoms with Gasteiger partial charge in [0.2, 0.25) is 5.96 Å². The molecule has 1 heterocycles. The van der Waals surface area contributed by atoms with Crippen molar-refractivity contribution >= 4 is 5.96 Å². The fourth-order valence-electron chi connectivity index (χ4n) is 1.74. The molecule has 0 radical (unpaired) electrons. The lowest BCUT2D eigenvalue weighted by Crippen LogP contribution is -2.42. The lowest BCUT2D eigenvalue weighted by atomic mass is 10.00. The molecule has 0 aromatic heterocycles. The first-order valence-corrected chi connectivity index (χ1v) is 4.49. The summed E-state index contributed by atoms with van der Waals surface area (Å²) in [4.78, 5) is 0. The predicted octanol–water partition coefficient (Wildman–Crippen LogP) is 0.438. The highest BCUT2D eigenvalue weighted by atomic mass is 15.5. The molecule has 1 aliphatic rings. The first-order valence-electron chi connectivity index (χ1n) is 4.49. The molecule has 2 unspecified atom stereocenters. The Balaban J connectivity index is 2.63. The van der Waals surface area contributed by atoms with E-state index in [1.165, 1.54) is 19.3 Å². The quantitative estimate of drug-likeness (QED) is 0.443. The number of guanidine groups is 1. The van der Waals surface area contributed by atoms with Gasteiger partial charge in [-0.05, 0) is 33.1 Å². The Morgan fingerprint density at radius 3 is 2.17 bits per heavy atom. The number of nitrogens with zero attached hydrogens (tertiary/aromatic N) is 2. The van der Waals surface area contributed by atoms with E-state index in [4.69, 9.17) is 11.5 Å². The van der Waals surface area contributed by atoms with Crippen LogP contribution < -0.4 is 11.5 Å². The summed E-state index contributed by atoms with van der Waals surface area (Å²) in [6.45, 7) is 4.31. The lowest BCUT2D eigenvalue weighted by molar-refractivity contribution is 0.108. The molecule has 0 aromatic rings. The minimum atomic E-state index is 0.163. The number of rotatable bonds is 1. The highest BCUT2D eigenvalue weighted by molar-refractivity contribution is 5.75. The topological polar surface area (TPSA) is 67.6 Å². The van der Waals surface area contributed by atoms with Gasteiger partial charge in [0.05, 0.1) is 0 Å². The van der Waals surface area contributed by atoms with Crippen LogP contribution in [-0.2, 0) is 0 Å². The molecular weight excluding hydrogens is 152 g/mol. The first-order chi connectivity index (χ1) is 5.61. The van der Waals surface area contributed by atoms with Crippen molar-refractivity contribution in [3.05, 3.63) is 0 Å². The third-order valence-corrected chi connectivity index (χ3v) is 2.38. The van der Waals surface area contributed by atoms with Crippen molar-refractivity contribution in [1.29, 1.82) is 0 Å². The van der Waals surface area contributed by atoms with Gasteiger partial charge in [0.1, 0.15) is 0 Å². The minimum absolute atomic E-state index is 0.163. The van der Waals surface area contributed by atoms with Gasteiger partial charge in [-0.1, -0.05) is 0 Å². The molecule has 0 saturated carbocycles. The average molecular weight is 170 g/mol. The fourth-order valence-corrected chi connectivity index (χ4v) is 1.74. The van der Waals surface area contributed by atoms with Crippen molar-refractivity contribution in [3.8, 4) is 0 Å². The number of piperidine rings is 1. The van der Waals surface area contributed by atoms with Gasteiger partial charge in [-0.15, -0.1) is 5.10 Å². The summed E-state index contributed by atoms with van der Waals surface area (Å²) >= 11 is 0. The summed E-state index contributed by atoms with van der Waals surface area (Å²) in [6.07, 6.45) is 3.64. The van der Waals surface area contributed by atoms with Crippen molar-refractivity contribution in [3.63, 3.8) is 0 Å². The van der Waals surface area contributed by atoms with Gasteiger partial charge in [-0.25, -0.2) is 0 Å². The third kappa shape index (κ3) is 2.03. The van der Waals surface area contributed by atoms with Crippen LogP contribution in [0, 0.1) is 0 Å². The fraction of sp³-hybridized carbons (Fsp3) is 0.875. The zero-order chi connectivity index (χ0) is 9.14. The molecule has 1 fully saturated rings. The van der Waals surface area contributed by atoms with Gasteiger partial charge < -0.3 is 11.5 Å². The average Bonchev–Trinajstić information content (AvgIpc) is 1.97. The summed E-state index contributed by atoms with van der Waals surface area (Å²) < 4.78 is 0. The molecular formula is C8H18N4. The number of hydrogen-bond acceptors (Lipinski definition) is 2. The number of hydrazone groups is 1. The number of hydrogen-bond donors (Lipinski definition) is 2. The van der Waals surface area contributed by atoms with E-state index >= 15 is 0 Å². The summed E-state index contributed by atoms with van der Waals surface area (Å²) in [5, 5.41) is 6.12. The number of nitrogens with two attached hydrogens (primary N) is 2. The van der Waals surface area contributed by atoms with Crippen molar-refractivity contribution < 1.29 is 0 Å². The Hall–Kier alpha value is -0.930. The summed E-state index contributed by atoms with van der Waals surface area (Å²) in [6, 6.07) is 0.937. The maximum absolute atomic E-state index is 5.33. The van der Waals surface area contributed by atoms with Crippen LogP contribution in [0.1, 0.15) is 33.1 Å². The molecule has 0 aromatic carbocycles. The maximum Gasteiger partial charge on any atom is 0.208 e. The van der Waals surface area contributed by atoms with Crippen molar-refractivity contribution in [2.24, 2.45) is 16.6 Å². The molecule has 1 saturated heterocycles. The second kappa shape index (κ2) is 3.65. The summed E-state index contributed by atoms with van der Waals surface area (Å²) in [5.74, 6) is 0.163. The van der Waals surface area contributed by atoms with Crippen LogP contribution in [0.3, 0.4) is 0 Å². The predicted molar refractivity (Wildman–Crippen MR) is 50.4 cm³/mol. The zero-order valence-corrected chi connectivity index (χ0v) is 7.83. The third-order valence-electron chi connectivity index (χ3n) is 2.38. The summed E-state index contributed by atoms with van der Waals surface area (Å²) in [5.41, 5.74) is 10.7. The second-order valence-electron chi connectivity index (χ2n) is 3.53. The Kier molecular flexibility index (Phi) is 2.78. The maximum atomic E-state index is 5.33. The zero-order valence-electron chi connectivity index (χ0n) is 7.83. The Morgan fingerprint density at radius 2 is 1.75 bits per heavy atom. The van der Waals surface area contributed by atoms with E-state index in [1.807, 2.05) is 5.01 Å². The highest BCUT2D eigenvalue weighted by Gasteiger charge is 2.23. The van der Waals surface area contributed by atoms with E-state index in [1.54, 1.807) is 0 Å². The minimum Gasteiger partial charge on any atom is -0.369 e. The Morgan fingerprint density at radius 1 is 1.25 bits per heavy atom. The van der Waals surface area contributed by atoms with Crippen LogP contribution in [0.5, 0.6) is 0 Å². The van der Waals surface area contributed by atoms with Gasteiger partial charge in [-0.3, -0.25) is 5.01 Å². The van der Waals surface area contributed by atoms with Crippen molar-refractivity contribution in [1.82, 2.24) is 5.01 Å². The Labute approximate surface area is 73.6 Å². The van der Waals surface area contributed by atoms with Gasteiger partial charge in [-0.2, -0.15) is 0 Å². The Bertz CT molecular complexity index is 164. The molecule has 12 heavy (non-hydrogen) atoms. The van der Waals surface area contributed by atoms with Crippen LogP contribution in [0.2, 0.25) is 0 Å². The van der Waals surface area contributed by atoms with Gasteiger partial charge >= 0.3 is 0 Å².